The summed E-state index contributed by atoms with van der Waals surface area (Å²) in [6.07, 6.45) is 5.79. The molecular formula is C28H36N2O2. The van der Waals surface area contributed by atoms with Crippen LogP contribution in [0.2, 0.25) is 0 Å². The van der Waals surface area contributed by atoms with Crippen LogP contribution in [0.15, 0.2) is 60.7 Å². The van der Waals surface area contributed by atoms with Crippen molar-refractivity contribution in [1.82, 2.24) is 5.32 Å². The van der Waals surface area contributed by atoms with Gasteiger partial charge in [0.05, 0.1) is 0 Å². The summed E-state index contributed by atoms with van der Waals surface area (Å²) in [5.74, 6) is 0.264. The van der Waals surface area contributed by atoms with Crippen molar-refractivity contribution in [3.63, 3.8) is 0 Å². The largest absolute Gasteiger partial charge is 0.396 e. The van der Waals surface area contributed by atoms with Gasteiger partial charge in [-0.3, -0.25) is 0 Å². The van der Waals surface area contributed by atoms with Crippen LogP contribution in [0.4, 0.5) is 5.69 Å². The van der Waals surface area contributed by atoms with Crippen LogP contribution in [-0.2, 0) is 6.42 Å². The van der Waals surface area contributed by atoms with E-state index in [1.54, 1.807) is 0 Å². The van der Waals surface area contributed by atoms with Crippen LogP contribution in [0.3, 0.4) is 0 Å². The molecule has 1 aliphatic carbocycles. The van der Waals surface area contributed by atoms with Crippen LogP contribution < -0.4 is 10.6 Å². The molecule has 4 nitrogen and oxygen atoms in total. The SMILES string of the molecule is OCCCCNc1ccc2ccccc2c1C1c2ccccc2CCC1NCCCCO. The Labute approximate surface area is 191 Å². The first-order valence-electron chi connectivity index (χ1n) is 12.1. The minimum atomic E-state index is 0.238. The first-order chi connectivity index (χ1) is 15.8. The average Bonchev–Trinajstić information content (AvgIpc) is 2.84. The number of benzene rings is 3. The fraction of sp³-hybridized carbons (Fsp3) is 0.429. The Bertz CT molecular complexity index is 1000. The third-order valence-corrected chi connectivity index (χ3v) is 6.69. The van der Waals surface area contributed by atoms with Gasteiger partial charge in [-0.05, 0) is 78.6 Å². The lowest BCUT2D eigenvalue weighted by Crippen LogP contribution is -2.39. The van der Waals surface area contributed by atoms with E-state index in [1.165, 1.54) is 33.2 Å². The van der Waals surface area contributed by atoms with Crippen LogP contribution in [0.1, 0.15) is 54.7 Å². The van der Waals surface area contributed by atoms with Gasteiger partial charge >= 0.3 is 0 Å². The highest BCUT2D eigenvalue weighted by molar-refractivity contribution is 5.91. The fourth-order valence-corrected chi connectivity index (χ4v) is 5.11. The van der Waals surface area contributed by atoms with Crippen molar-refractivity contribution in [2.45, 2.75) is 50.5 Å². The van der Waals surface area contributed by atoms with Crippen molar-refractivity contribution in [3.8, 4) is 0 Å². The topological polar surface area (TPSA) is 64.5 Å². The molecule has 0 fully saturated rings. The second-order valence-electron chi connectivity index (χ2n) is 8.81. The lowest BCUT2D eigenvalue weighted by atomic mass is 9.73. The number of aliphatic hydroxyl groups excluding tert-OH is 2. The van der Waals surface area contributed by atoms with E-state index in [1.807, 2.05) is 0 Å². The highest BCUT2D eigenvalue weighted by Gasteiger charge is 2.33. The van der Waals surface area contributed by atoms with Crippen LogP contribution >= 0.6 is 0 Å². The van der Waals surface area contributed by atoms with Gasteiger partial charge in [-0.1, -0.05) is 54.6 Å². The number of rotatable bonds is 11. The van der Waals surface area contributed by atoms with Crippen molar-refractivity contribution in [2.24, 2.45) is 0 Å². The molecule has 32 heavy (non-hydrogen) atoms. The van der Waals surface area contributed by atoms with Crippen LogP contribution in [-0.4, -0.2) is 42.6 Å². The smallest absolute Gasteiger partial charge is 0.0431 e. The molecule has 0 radical (unpaired) electrons. The predicted molar refractivity (Wildman–Crippen MR) is 133 cm³/mol. The van der Waals surface area contributed by atoms with Crippen molar-refractivity contribution in [3.05, 3.63) is 77.4 Å². The summed E-state index contributed by atoms with van der Waals surface area (Å²) in [5.41, 5.74) is 5.45. The molecule has 0 heterocycles. The minimum absolute atomic E-state index is 0.238. The molecular weight excluding hydrogens is 396 g/mol. The zero-order valence-corrected chi connectivity index (χ0v) is 18.9. The van der Waals surface area contributed by atoms with Crippen LogP contribution in [0, 0.1) is 0 Å². The molecule has 2 unspecified atom stereocenters. The molecule has 0 aliphatic heterocycles. The van der Waals surface area contributed by atoms with Gasteiger partial charge in [0.15, 0.2) is 0 Å². The summed E-state index contributed by atoms with van der Waals surface area (Å²) < 4.78 is 0. The van der Waals surface area contributed by atoms with E-state index >= 15 is 0 Å². The number of aliphatic hydroxyl groups is 2. The molecule has 0 saturated carbocycles. The number of anilines is 1. The van der Waals surface area contributed by atoms with Gasteiger partial charge in [0.1, 0.15) is 0 Å². The molecule has 0 amide bonds. The van der Waals surface area contributed by atoms with E-state index in [0.29, 0.717) is 6.04 Å². The third-order valence-electron chi connectivity index (χ3n) is 6.69. The van der Waals surface area contributed by atoms with Crippen molar-refractivity contribution < 1.29 is 10.2 Å². The Morgan fingerprint density at radius 2 is 1.53 bits per heavy atom. The molecule has 4 N–H and O–H groups in total. The molecule has 1 aliphatic rings. The van der Waals surface area contributed by atoms with Crippen molar-refractivity contribution in [1.29, 1.82) is 0 Å². The van der Waals surface area contributed by atoms with E-state index < -0.39 is 0 Å². The molecule has 0 saturated heterocycles. The number of unbranched alkanes of at least 4 members (excludes halogenated alkanes) is 2. The zero-order valence-electron chi connectivity index (χ0n) is 18.9. The van der Waals surface area contributed by atoms with Gasteiger partial charge in [-0.25, -0.2) is 0 Å². The molecule has 170 valence electrons. The summed E-state index contributed by atoms with van der Waals surface area (Å²) in [4.78, 5) is 0. The highest BCUT2D eigenvalue weighted by Crippen LogP contribution is 2.43. The number of nitrogens with one attached hydrogen (secondary N) is 2. The number of hydrogen-bond acceptors (Lipinski definition) is 4. The lowest BCUT2D eigenvalue weighted by molar-refractivity contribution is 0.281. The molecule has 3 aromatic carbocycles. The minimum Gasteiger partial charge on any atom is -0.396 e. The normalized spacial score (nSPS) is 17.9. The van der Waals surface area contributed by atoms with Crippen molar-refractivity contribution >= 4 is 16.5 Å². The average molecular weight is 433 g/mol. The summed E-state index contributed by atoms with van der Waals surface area (Å²) in [6.45, 7) is 2.27. The summed E-state index contributed by atoms with van der Waals surface area (Å²) in [7, 11) is 0. The lowest BCUT2D eigenvalue weighted by Gasteiger charge is -2.36. The quantitative estimate of drug-likeness (QED) is 0.328. The highest BCUT2D eigenvalue weighted by atomic mass is 16.3. The molecule has 0 aromatic heterocycles. The van der Waals surface area contributed by atoms with Gasteiger partial charge in [-0.15, -0.1) is 0 Å². The van der Waals surface area contributed by atoms with E-state index in [9.17, 15) is 10.2 Å². The molecule has 4 rings (SSSR count). The van der Waals surface area contributed by atoms with Gasteiger partial charge in [0.2, 0.25) is 0 Å². The summed E-state index contributed by atoms with van der Waals surface area (Å²) >= 11 is 0. The van der Waals surface area contributed by atoms with E-state index in [-0.39, 0.29) is 19.1 Å². The maximum absolute atomic E-state index is 9.19. The second kappa shape index (κ2) is 11.5. The second-order valence-corrected chi connectivity index (χ2v) is 8.81. The number of aryl methyl sites for hydroxylation is 1. The summed E-state index contributed by atoms with van der Waals surface area (Å²) in [6, 6.07) is 22.4. The van der Waals surface area contributed by atoms with Crippen molar-refractivity contribution in [2.75, 3.05) is 31.6 Å². The Balaban J connectivity index is 1.76. The maximum atomic E-state index is 9.19. The van der Waals surface area contributed by atoms with E-state index in [4.69, 9.17) is 0 Å². The van der Waals surface area contributed by atoms with Gasteiger partial charge in [0, 0.05) is 37.4 Å². The van der Waals surface area contributed by atoms with Gasteiger partial charge in [0.25, 0.3) is 0 Å². The zero-order chi connectivity index (χ0) is 22.2. The Morgan fingerprint density at radius 3 is 2.38 bits per heavy atom. The van der Waals surface area contributed by atoms with Gasteiger partial charge < -0.3 is 20.8 Å². The Kier molecular flexibility index (Phi) is 8.16. The van der Waals surface area contributed by atoms with Gasteiger partial charge in [-0.2, -0.15) is 0 Å². The molecule has 3 aromatic rings. The third kappa shape index (κ3) is 5.15. The monoisotopic (exact) mass is 432 g/mol. The van der Waals surface area contributed by atoms with E-state index in [2.05, 4.69) is 71.3 Å². The molecule has 0 bridgehead atoms. The first kappa shape index (κ1) is 22.8. The first-order valence-corrected chi connectivity index (χ1v) is 12.1. The molecule has 4 heteroatoms. The van der Waals surface area contributed by atoms with Crippen LogP contribution in [0.5, 0.6) is 0 Å². The molecule has 2 atom stereocenters. The summed E-state index contributed by atoms with van der Waals surface area (Å²) in [5, 5.41) is 28.5. The Hall–Kier alpha value is -2.40. The standard InChI is InChI=1S/C28H36N2O2/c31-19-7-5-17-29-25-15-13-21-9-1-3-11-23(21)27(25)28-24-12-4-2-10-22(24)14-16-26(28)30-18-6-8-20-32/h1-4,9-13,15,26,28-32H,5-8,14,16-20H2. The Morgan fingerprint density at radius 1 is 0.781 bits per heavy atom. The number of fused-ring (bicyclic) bond motifs is 2. The van der Waals surface area contributed by atoms with Crippen LogP contribution in [0.25, 0.3) is 10.8 Å². The molecule has 0 spiro atoms. The number of hydrogen-bond donors (Lipinski definition) is 4. The van der Waals surface area contributed by atoms with E-state index in [0.717, 1.165) is 51.6 Å². The predicted octanol–water partition coefficient (Wildman–Crippen LogP) is 4.83. The fourth-order valence-electron chi connectivity index (χ4n) is 5.11. The maximum Gasteiger partial charge on any atom is 0.0431 e.